The first-order valence-corrected chi connectivity index (χ1v) is 16.5. The molecule has 0 saturated heterocycles. The summed E-state index contributed by atoms with van der Waals surface area (Å²) in [5.41, 5.74) is 4.61. The van der Waals surface area contributed by atoms with E-state index in [0.717, 1.165) is 56.5 Å². The van der Waals surface area contributed by atoms with Crippen LogP contribution in [0.4, 0.5) is 5.69 Å². The van der Waals surface area contributed by atoms with Crippen LogP contribution in [0.15, 0.2) is 26.5 Å². The molecule has 0 aromatic heterocycles. The number of hydrogen-bond donors (Lipinski definition) is 3. The van der Waals surface area contributed by atoms with E-state index in [9.17, 15) is 15.0 Å². The second-order valence-electron chi connectivity index (χ2n) is 11.9. The third kappa shape index (κ3) is 3.85. The highest BCUT2D eigenvalue weighted by molar-refractivity contribution is 7.99. The highest BCUT2D eigenvalue weighted by Crippen LogP contribution is 2.59. The minimum atomic E-state index is -0.395. The number of hydrogen-bond acceptors (Lipinski definition) is 10. The number of ketones is 1. The lowest BCUT2D eigenvalue weighted by Crippen LogP contribution is -2.19. The monoisotopic (exact) mass is 639 g/mol. The molecule has 3 N–H and O–H groups in total. The number of methoxy groups -OCH3 is 3. The van der Waals surface area contributed by atoms with Gasteiger partial charge in [0.15, 0.2) is 17.3 Å². The highest BCUT2D eigenvalue weighted by Gasteiger charge is 2.40. The average Bonchev–Trinajstić information content (AvgIpc) is 3.19. The molecule has 1 aliphatic heterocycles. The fourth-order valence-electron chi connectivity index (χ4n) is 7.65. The lowest BCUT2D eigenvalue weighted by atomic mass is 9.77. The summed E-state index contributed by atoms with van der Waals surface area (Å²) in [6.45, 7) is 7.36. The molecule has 10 heteroatoms. The molecule has 1 heterocycles. The summed E-state index contributed by atoms with van der Waals surface area (Å²) >= 11 is 1.63. The third-order valence-corrected chi connectivity index (χ3v) is 10.6. The molecule has 7 rings (SSSR count). The molecule has 46 heavy (non-hydrogen) atoms. The number of thioether (sulfide) groups is 1. The number of allylic oxidation sites excluding steroid dienone is 2. The molecule has 1 unspecified atom stereocenters. The molecule has 4 aromatic rings. The van der Waals surface area contributed by atoms with Gasteiger partial charge in [0.1, 0.15) is 17.3 Å². The molecule has 2 aliphatic carbocycles. The van der Waals surface area contributed by atoms with Crippen LogP contribution in [0.1, 0.15) is 66.6 Å². The number of anilines is 1. The Morgan fingerprint density at radius 1 is 1.00 bits per heavy atom. The van der Waals surface area contributed by atoms with Gasteiger partial charge in [-0.3, -0.25) is 14.8 Å². The molecule has 0 fully saturated rings. The SMILES string of the molecule is CCCCNc1c(O)c2c3c(c(OC)c4c5c6c(c(O)c(OC)c7c6c(c1C=C(C)C7/C(C)=N/C)c42)C(=O)C=C5OC)SCCN=3. The van der Waals surface area contributed by atoms with Gasteiger partial charge in [-0.05, 0) is 25.7 Å². The van der Waals surface area contributed by atoms with Crippen LogP contribution in [0.5, 0.6) is 23.0 Å². The van der Waals surface area contributed by atoms with E-state index in [2.05, 4.69) is 23.3 Å². The van der Waals surface area contributed by atoms with Crippen LogP contribution in [0, 0.1) is 0 Å². The van der Waals surface area contributed by atoms with E-state index < -0.39 is 5.92 Å². The first kappa shape index (κ1) is 30.2. The zero-order valence-electron chi connectivity index (χ0n) is 27.1. The van der Waals surface area contributed by atoms with Crippen molar-refractivity contribution in [2.45, 2.75) is 44.4 Å². The molecule has 238 valence electrons. The molecular formula is C36H37N3O6S. The number of aliphatic imine (C=N–C) groups is 1. The number of carbonyl (C=O) groups excluding carboxylic acids is 1. The molecule has 4 aromatic carbocycles. The minimum Gasteiger partial charge on any atom is -0.505 e. The number of carbonyl (C=O) groups is 1. The zero-order valence-corrected chi connectivity index (χ0v) is 27.9. The molecular weight excluding hydrogens is 602 g/mol. The standard InChI is InChI=1S/C36H37N3O6S/c1-8-9-10-38-30-17-13-15(2)20(16(3)37-4)27-24-21(17)25-28(35(45-7)36-31(29(25)32(30)41)39-11-12-46-36)23-19(43-5)14-18(40)22(26(23)24)33(42)34(27)44-6/h13-14,20,38,41-42H,8-12H2,1-7H3/b37-16+. The van der Waals surface area contributed by atoms with Gasteiger partial charge in [-0.2, -0.15) is 0 Å². The Morgan fingerprint density at radius 2 is 1.76 bits per heavy atom. The summed E-state index contributed by atoms with van der Waals surface area (Å²) < 4.78 is 18.2. The fraction of sp³-hybridized carbons (Fsp3) is 0.361. The largest absolute Gasteiger partial charge is 0.505 e. The number of nitrogens with zero attached hydrogens (tertiary/aromatic N) is 2. The number of benzene rings is 4. The van der Waals surface area contributed by atoms with Gasteiger partial charge in [-0.25, -0.2) is 0 Å². The molecule has 0 amide bonds. The molecule has 0 radical (unpaired) electrons. The van der Waals surface area contributed by atoms with E-state index in [1.165, 1.54) is 20.3 Å². The summed E-state index contributed by atoms with van der Waals surface area (Å²) in [6.07, 6.45) is 5.39. The fourth-order valence-corrected chi connectivity index (χ4v) is 8.65. The Labute approximate surface area is 271 Å². The number of unbranched alkanes of at least 4 members (excludes halogenated alkanes) is 1. The number of rotatable bonds is 8. The van der Waals surface area contributed by atoms with Crippen LogP contribution in [0.3, 0.4) is 0 Å². The van der Waals surface area contributed by atoms with Crippen molar-refractivity contribution >= 4 is 73.1 Å². The Bertz CT molecular complexity index is 2180. The van der Waals surface area contributed by atoms with Gasteiger partial charge in [-0.15, -0.1) is 11.8 Å². The van der Waals surface area contributed by atoms with Gasteiger partial charge in [0.2, 0.25) is 0 Å². The van der Waals surface area contributed by atoms with Gasteiger partial charge in [0.05, 0.1) is 48.2 Å². The molecule has 9 nitrogen and oxygen atoms in total. The average molecular weight is 640 g/mol. The van der Waals surface area contributed by atoms with Crippen LogP contribution in [-0.2, 0) is 4.74 Å². The second kappa shape index (κ2) is 11.1. The maximum absolute atomic E-state index is 13.9. The van der Waals surface area contributed by atoms with E-state index in [1.54, 1.807) is 25.9 Å². The number of phenolic OH excluding ortho intramolecular Hbond substituents is 2. The number of phenols is 2. The van der Waals surface area contributed by atoms with Crippen LogP contribution in [-0.4, -0.2) is 68.9 Å². The van der Waals surface area contributed by atoms with Gasteiger partial charge in [-0.1, -0.05) is 25.0 Å². The topological polar surface area (TPSA) is 122 Å². The van der Waals surface area contributed by atoms with Crippen molar-refractivity contribution in [1.82, 2.24) is 0 Å². The van der Waals surface area contributed by atoms with Gasteiger partial charge < -0.3 is 29.7 Å². The molecule has 1 atom stereocenters. The predicted octanol–water partition coefficient (Wildman–Crippen LogP) is 7.01. The quantitative estimate of drug-likeness (QED) is 0.0619. The molecule has 0 saturated carbocycles. The predicted molar refractivity (Wildman–Crippen MR) is 186 cm³/mol. The lowest BCUT2D eigenvalue weighted by molar-refractivity contribution is 0.104. The summed E-state index contributed by atoms with van der Waals surface area (Å²) in [5.74, 6) is 1.03. The third-order valence-electron chi connectivity index (χ3n) is 9.57. The normalized spacial score (nSPS) is 17.2. The number of fused-ring (bicyclic) bond motifs is 3. The summed E-state index contributed by atoms with van der Waals surface area (Å²) in [5, 5.41) is 32.7. The van der Waals surface area contributed by atoms with Crippen LogP contribution in [0.2, 0.25) is 0 Å². The van der Waals surface area contributed by atoms with E-state index >= 15 is 0 Å². The van der Waals surface area contributed by atoms with Crippen molar-refractivity contribution in [3.8, 4) is 23.0 Å². The van der Waals surface area contributed by atoms with Gasteiger partial charge >= 0.3 is 0 Å². The van der Waals surface area contributed by atoms with Crippen LogP contribution >= 0.6 is 11.8 Å². The molecule has 3 aliphatic rings. The summed E-state index contributed by atoms with van der Waals surface area (Å²) in [4.78, 5) is 24.3. The first-order valence-electron chi connectivity index (χ1n) is 15.5. The zero-order chi connectivity index (χ0) is 32.6. The van der Waals surface area contributed by atoms with Gasteiger partial charge in [0.25, 0.3) is 0 Å². The maximum Gasteiger partial charge on any atom is 0.194 e. The maximum atomic E-state index is 13.9. The van der Waals surface area contributed by atoms with Crippen molar-refractivity contribution in [1.29, 1.82) is 0 Å². The molecule has 0 bridgehead atoms. The minimum absolute atomic E-state index is 0.117. The van der Waals surface area contributed by atoms with Gasteiger partial charge in [0, 0.05) is 81.8 Å². The lowest BCUT2D eigenvalue weighted by Gasteiger charge is -2.30. The van der Waals surface area contributed by atoms with Crippen molar-refractivity contribution < 1.29 is 29.2 Å². The number of nitrogens with one attached hydrogen (secondary N) is 1. The summed E-state index contributed by atoms with van der Waals surface area (Å²) in [7, 11) is 6.42. The summed E-state index contributed by atoms with van der Waals surface area (Å²) in [6, 6.07) is 0. The first-order chi connectivity index (χ1) is 22.2. The van der Waals surface area contributed by atoms with Crippen molar-refractivity contribution in [2.24, 2.45) is 9.98 Å². The number of ether oxygens (including phenoxy) is 3. The van der Waals surface area contributed by atoms with E-state index in [0.29, 0.717) is 62.9 Å². The second-order valence-corrected chi connectivity index (χ2v) is 13.0. The van der Waals surface area contributed by atoms with E-state index in [4.69, 9.17) is 19.2 Å². The van der Waals surface area contributed by atoms with E-state index in [-0.39, 0.29) is 28.6 Å². The Morgan fingerprint density at radius 3 is 2.43 bits per heavy atom. The highest BCUT2D eigenvalue weighted by atomic mass is 32.2. The van der Waals surface area contributed by atoms with Crippen LogP contribution < -0.4 is 20.1 Å². The number of aromatic hydroxyl groups is 2. The Balaban J connectivity index is 1.92. The Kier molecular flexibility index (Phi) is 7.31. The van der Waals surface area contributed by atoms with Crippen molar-refractivity contribution in [3.63, 3.8) is 0 Å². The smallest absolute Gasteiger partial charge is 0.194 e. The van der Waals surface area contributed by atoms with Crippen molar-refractivity contribution in [3.05, 3.63) is 39.3 Å². The van der Waals surface area contributed by atoms with Crippen LogP contribution in [0.25, 0.3) is 44.2 Å². The Hall–Kier alpha value is -4.44. The molecule has 0 spiro atoms. The van der Waals surface area contributed by atoms with Crippen molar-refractivity contribution in [2.75, 3.05) is 52.5 Å². The van der Waals surface area contributed by atoms with E-state index in [1.807, 2.05) is 13.8 Å².